The molecule has 33 heavy (non-hydrogen) atoms. The van der Waals surface area contributed by atoms with Crippen molar-refractivity contribution in [3.05, 3.63) is 35.0 Å². The number of pyridine rings is 1. The summed E-state index contributed by atoms with van der Waals surface area (Å²) in [6.45, 7) is 0.0597. The van der Waals surface area contributed by atoms with Gasteiger partial charge in [0.05, 0.1) is 45.1 Å². The molecular formula is C23H27ClN6O2S. The first kappa shape index (κ1) is 21.4. The largest absolute Gasteiger partial charge is 0.394 e. The molecule has 0 amide bonds. The van der Waals surface area contributed by atoms with Crippen LogP contribution in [-0.4, -0.2) is 51.9 Å². The second-order valence-electron chi connectivity index (χ2n) is 9.58. The lowest BCUT2D eigenvalue weighted by atomic mass is 9.77. The summed E-state index contributed by atoms with van der Waals surface area (Å²) < 4.78 is 14.9. The predicted octanol–water partition coefficient (Wildman–Crippen LogP) is 3.76. The van der Waals surface area contributed by atoms with E-state index in [1.54, 1.807) is 12.4 Å². The molecule has 3 aliphatic rings. The van der Waals surface area contributed by atoms with Gasteiger partial charge in [-0.1, -0.05) is 11.6 Å². The fourth-order valence-electron chi connectivity index (χ4n) is 5.53. The molecule has 3 aromatic rings. The van der Waals surface area contributed by atoms with E-state index in [-0.39, 0.29) is 18.2 Å². The molecule has 0 bridgehead atoms. The first-order valence-electron chi connectivity index (χ1n) is 11.7. The third kappa shape index (κ3) is 3.65. The molecule has 4 heterocycles. The summed E-state index contributed by atoms with van der Waals surface area (Å²) in [6, 6.07) is 0.256. The van der Waals surface area contributed by atoms with Crippen LogP contribution in [0, 0.1) is 0 Å². The van der Waals surface area contributed by atoms with Crippen LogP contribution in [0.3, 0.4) is 0 Å². The number of hydrogen-bond acceptors (Lipinski definition) is 7. The van der Waals surface area contributed by atoms with Crippen LogP contribution in [0.5, 0.6) is 0 Å². The predicted molar refractivity (Wildman–Crippen MR) is 127 cm³/mol. The maximum Gasteiger partial charge on any atom is 0.160 e. The molecule has 0 spiro atoms. The van der Waals surface area contributed by atoms with Crippen molar-refractivity contribution in [3.63, 3.8) is 0 Å². The van der Waals surface area contributed by atoms with E-state index in [0.29, 0.717) is 22.5 Å². The molecule has 2 saturated carbocycles. The molecular weight excluding hydrogens is 460 g/mol. The van der Waals surface area contributed by atoms with Crippen LogP contribution in [0.1, 0.15) is 68.3 Å². The fourth-order valence-corrected chi connectivity index (χ4v) is 7.02. The number of nitrogens with one attached hydrogen (secondary N) is 1. The van der Waals surface area contributed by atoms with Gasteiger partial charge in [-0.25, -0.2) is 19.6 Å². The van der Waals surface area contributed by atoms with E-state index in [1.807, 2.05) is 6.20 Å². The zero-order valence-corrected chi connectivity index (χ0v) is 19.9. The Kier molecular flexibility index (Phi) is 5.38. The van der Waals surface area contributed by atoms with Crippen LogP contribution in [-0.2, 0) is 17.2 Å². The standard InChI is InChI=1S/C23H27ClN6O2S/c24-15-10-25-20(26-11-15)14-2-4-16(5-3-14)30-22-18(12-27-30)17-6-9-33(32)19(17)21(28-22)29-23(13-31)7-1-8-23/h10-12,14,16,31H,1-9,13H2,(H,28,29). The summed E-state index contributed by atoms with van der Waals surface area (Å²) in [4.78, 5) is 14.6. The van der Waals surface area contributed by atoms with E-state index in [9.17, 15) is 9.32 Å². The van der Waals surface area contributed by atoms with Gasteiger partial charge >= 0.3 is 0 Å². The number of aliphatic hydroxyl groups is 1. The zero-order chi connectivity index (χ0) is 22.6. The Hall–Kier alpha value is -2.10. The Balaban J connectivity index is 1.31. The van der Waals surface area contributed by atoms with Crippen LogP contribution in [0.15, 0.2) is 23.5 Å². The first-order chi connectivity index (χ1) is 16.1. The summed E-state index contributed by atoms with van der Waals surface area (Å²) >= 11 is 5.94. The molecule has 1 aliphatic heterocycles. The molecule has 2 fully saturated rings. The summed E-state index contributed by atoms with van der Waals surface area (Å²) in [6.07, 6.45) is 12.8. The van der Waals surface area contributed by atoms with Crippen molar-refractivity contribution >= 4 is 39.3 Å². The fraction of sp³-hybridized carbons (Fsp3) is 0.565. The number of fused-ring (bicyclic) bond motifs is 3. The summed E-state index contributed by atoms with van der Waals surface area (Å²) in [5, 5.41) is 19.8. The smallest absolute Gasteiger partial charge is 0.160 e. The second kappa shape index (κ2) is 8.29. The Morgan fingerprint density at radius 2 is 1.94 bits per heavy atom. The van der Waals surface area contributed by atoms with E-state index in [2.05, 4.69) is 20.0 Å². The number of aliphatic hydroxyl groups excluding tert-OH is 1. The Morgan fingerprint density at radius 1 is 1.18 bits per heavy atom. The van der Waals surface area contributed by atoms with Gasteiger partial charge in [0, 0.05) is 29.5 Å². The Morgan fingerprint density at radius 3 is 2.61 bits per heavy atom. The van der Waals surface area contributed by atoms with E-state index in [0.717, 1.165) is 78.7 Å². The maximum absolute atomic E-state index is 12.8. The van der Waals surface area contributed by atoms with Gasteiger partial charge in [-0.2, -0.15) is 5.10 Å². The van der Waals surface area contributed by atoms with Crippen molar-refractivity contribution in [2.24, 2.45) is 0 Å². The van der Waals surface area contributed by atoms with Crippen LogP contribution in [0.4, 0.5) is 5.82 Å². The van der Waals surface area contributed by atoms with Gasteiger partial charge in [-0.05, 0) is 56.9 Å². The normalized spacial score (nSPS) is 26.2. The quantitative estimate of drug-likeness (QED) is 0.565. The third-order valence-electron chi connectivity index (χ3n) is 7.61. The SMILES string of the molecule is O=S1CCc2c1c(NC1(CO)CCC1)nc1c2cnn1C1CCC(c2ncc(Cl)cn2)CC1. The molecule has 0 radical (unpaired) electrons. The maximum atomic E-state index is 12.8. The number of aromatic nitrogens is 5. The Labute approximate surface area is 199 Å². The van der Waals surface area contributed by atoms with Gasteiger partial charge in [-0.3, -0.25) is 4.21 Å². The number of hydrogen-bond donors (Lipinski definition) is 2. The van der Waals surface area contributed by atoms with Crippen molar-refractivity contribution in [1.82, 2.24) is 24.7 Å². The summed E-state index contributed by atoms with van der Waals surface area (Å²) in [5.41, 5.74) is 1.61. The molecule has 0 aromatic carbocycles. The van der Waals surface area contributed by atoms with Crippen molar-refractivity contribution in [3.8, 4) is 0 Å². The van der Waals surface area contributed by atoms with Crippen molar-refractivity contribution < 1.29 is 9.32 Å². The minimum atomic E-state index is -1.07. The molecule has 2 N–H and O–H groups in total. The van der Waals surface area contributed by atoms with Gasteiger partial charge in [0.15, 0.2) is 5.65 Å². The first-order valence-corrected chi connectivity index (χ1v) is 13.4. The summed E-state index contributed by atoms with van der Waals surface area (Å²) in [7, 11) is -1.07. The lowest BCUT2D eigenvalue weighted by Gasteiger charge is -2.41. The highest BCUT2D eigenvalue weighted by Gasteiger charge is 2.39. The monoisotopic (exact) mass is 486 g/mol. The third-order valence-corrected chi connectivity index (χ3v) is 9.28. The van der Waals surface area contributed by atoms with E-state index < -0.39 is 10.8 Å². The highest BCUT2D eigenvalue weighted by molar-refractivity contribution is 7.85. The zero-order valence-electron chi connectivity index (χ0n) is 18.3. The van der Waals surface area contributed by atoms with Gasteiger partial charge in [0.2, 0.25) is 0 Å². The number of nitrogens with zero attached hydrogens (tertiary/aromatic N) is 5. The lowest BCUT2D eigenvalue weighted by molar-refractivity contribution is 0.143. The van der Waals surface area contributed by atoms with Crippen molar-refractivity contribution in [2.45, 2.75) is 73.8 Å². The molecule has 6 rings (SSSR count). The van der Waals surface area contributed by atoms with Crippen LogP contribution >= 0.6 is 11.6 Å². The van der Waals surface area contributed by atoms with Crippen LogP contribution in [0.25, 0.3) is 11.0 Å². The van der Waals surface area contributed by atoms with E-state index in [1.165, 1.54) is 0 Å². The topological polar surface area (TPSA) is 106 Å². The molecule has 3 aromatic heterocycles. The van der Waals surface area contributed by atoms with Gasteiger partial charge < -0.3 is 10.4 Å². The summed E-state index contributed by atoms with van der Waals surface area (Å²) in [5.74, 6) is 2.49. The highest BCUT2D eigenvalue weighted by Crippen LogP contribution is 2.42. The Bertz CT molecular complexity index is 1210. The van der Waals surface area contributed by atoms with Crippen molar-refractivity contribution in [2.75, 3.05) is 17.7 Å². The molecule has 174 valence electrons. The van der Waals surface area contributed by atoms with Gasteiger partial charge in [0.25, 0.3) is 0 Å². The number of halogens is 1. The average Bonchev–Trinajstić information content (AvgIpc) is 3.41. The minimum Gasteiger partial charge on any atom is -0.394 e. The number of aryl methyl sites for hydroxylation is 1. The van der Waals surface area contributed by atoms with Crippen LogP contribution in [0.2, 0.25) is 5.02 Å². The molecule has 0 saturated heterocycles. The second-order valence-corrected chi connectivity index (χ2v) is 11.5. The van der Waals surface area contributed by atoms with Gasteiger partial charge in [-0.15, -0.1) is 0 Å². The molecule has 1 atom stereocenters. The average molecular weight is 487 g/mol. The lowest BCUT2D eigenvalue weighted by Crippen LogP contribution is -2.48. The van der Waals surface area contributed by atoms with E-state index in [4.69, 9.17) is 21.7 Å². The van der Waals surface area contributed by atoms with Crippen molar-refractivity contribution in [1.29, 1.82) is 0 Å². The molecule has 1 unspecified atom stereocenters. The number of rotatable bonds is 5. The van der Waals surface area contributed by atoms with Crippen LogP contribution < -0.4 is 5.32 Å². The number of anilines is 1. The molecule has 2 aliphatic carbocycles. The molecule has 8 nitrogen and oxygen atoms in total. The van der Waals surface area contributed by atoms with E-state index >= 15 is 0 Å². The minimum absolute atomic E-state index is 0.0597. The molecule has 10 heteroatoms. The highest BCUT2D eigenvalue weighted by atomic mass is 35.5. The van der Waals surface area contributed by atoms with Gasteiger partial charge in [0.1, 0.15) is 11.6 Å².